The van der Waals surface area contributed by atoms with Crippen molar-refractivity contribution < 1.29 is 9.13 Å². The number of nitrogens with two attached hydrogens (primary N) is 1. The van der Waals surface area contributed by atoms with Crippen molar-refractivity contribution in [3.05, 3.63) is 34.9 Å². The van der Waals surface area contributed by atoms with E-state index in [0.717, 1.165) is 5.56 Å². The lowest BCUT2D eigenvalue weighted by Crippen LogP contribution is -2.38. The first kappa shape index (κ1) is 22.1. The van der Waals surface area contributed by atoms with E-state index in [-0.39, 0.29) is 6.54 Å². The maximum Gasteiger partial charge on any atom is 0.229 e. The molecule has 0 bridgehead atoms. The Labute approximate surface area is 188 Å². The summed E-state index contributed by atoms with van der Waals surface area (Å²) in [6, 6.07) is 7.58. The van der Waals surface area contributed by atoms with Gasteiger partial charge in [-0.05, 0) is 41.1 Å². The number of halogens is 3. The van der Waals surface area contributed by atoms with Gasteiger partial charge in [-0.25, -0.2) is 4.39 Å². The lowest BCUT2D eigenvalue weighted by molar-refractivity contribution is 0.122. The van der Waals surface area contributed by atoms with Crippen molar-refractivity contribution in [2.24, 2.45) is 0 Å². The molecule has 158 valence electrons. The molecule has 0 radical (unpaired) electrons. The highest BCUT2D eigenvalue weighted by molar-refractivity contribution is 14.1. The molecule has 0 spiro atoms. The van der Waals surface area contributed by atoms with Crippen molar-refractivity contribution in [3.63, 3.8) is 0 Å². The van der Waals surface area contributed by atoms with E-state index in [1.165, 1.54) is 6.92 Å². The van der Waals surface area contributed by atoms with E-state index in [1.807, 2.05) is 29.2 Å². The average molecular weight is 535 g/mol. The number of nitrogen functional groups attached to an aromatic ring is 1. The van der Waals surface area contributed by atoms with Crippen molar-refractivity contribution in [1.82, 2.24) is 9.97 Å². The summed E-state index contributed by atoms with van der Waals surface area (Å²) in [6.07, 6.45) is 0. The van der Waals surface area contributed by atoms with Crippen LogP contribution in [-0.4, -0.2) is 53.5 Å². The minimum absolute atomic E-state index is 0.140. The molecule has 3 rings (SSSR count). The highest BCUT2D eigenvalue weighted by Gasteiger charge is 2.25. The molecule has 1 fully saturated rings. The summed E-state index contributed by atoms with van der Waals surface area (Å²) in [5.41, 5.74) is 7.68. The number of nitrogens with zero attached hydrogens (tertiary/aromatic N) is 4. The maximum absolute atomic E-state index is 14.2. The predicted octanol–water partition coefficient (Wildman–Crippen LogP) is 3.72. The van der Waals surface area contributed by atoms with Gasteiger partial charge in [0, 0.05) is 31.7 Å². The van der Waals surface area contributed by atoms with Gasteiger partial charge < -0.3 is 25.6 Å². The van der Waals surface area contributed by atoms with Crippen LogP contribution in [0.4, 0.5) is 27.7 Å². The number of aromatic nitrogens is 2. The summed E-state index contributed by atoms with van der Waals surface area (Å²) in [7, 11) is 1.77. The van der Waals surface area contributed by atoms with Crippen molar-refractivity contribution in [2.45, 2.75) is 17.1 Å². The summed E-state index contributed by atoms with van der Waals surface area (Å²) in [5.74, 6) is 1.53. The quantitative estimate of drug-likeness (QED) is 0.414. The predicted molar refractivity (Wildman–Crippen MR) is 125 cm³/mol. The minimum atomic E-state index is -1.42. The second-order valence-electron chi connectivity index (χ2n) is 7.08. The molecule has 7 nitrogen and oxygen atoms in total. The monoisotopic (exact) mass is 534 g/mol. The molecular weight excluding hydrogens is 510 g/mol. The number of rotatable bonds is 7. The molecule has 0 amide bonds. The number of hydrogen-bond donors (Lipinski definition) is 2. The third-order valence-corrected chi connectivity index (χ3v) is 5.20. The van der Waals surface area contributed by atoms with Crippen LogP contribution in [0.5, 0.6) is 0 Å². The summed E-state index contributed by atoms with van der Waals surface area (Å²) in [6.45, 7) is 4.70. The largest absolute Gasteiger partial charge is 0.393 e. The minimum Gasteiger partial charge on any atom is -0.393 e. The molecule has 3 N–H and O–H groups in total. The van der Waals surface area contributed by atoms with Gasteiger partial charge in [-0.2, -0.15) is 9.97 Å². The van der Waals surface area contributed by atoms with Gasteiger partial charge in [0.2, 0.25) is 5.95 Å². The number of nitrogens with one attached hydrogen (secondary N) is 1. The average Bonchev–Trinajstić information content (AvgIpc) is 2.67. The normalized spacial score (nSPS) is 16.4. The smallest absolute Gasteiger partial charge is 0.229 e. The number of ether oxygens (including phenoxy) is 1. The van der Waals surface area contributed by atoms with Crippen LogP contribution >= 0.6 is 34.2 Å². The van der Waals surface area contributed by atoms with Crippen molar-refractivity contribution in [2.75, 3.05) is 60.7 Å². The molecule has 1 aromatic heterocycles. The molecule has 0 unspecified atom stereocenters. The van der Waals surface area contributed by atoms with Gasteiger partial charge in [-0.3, -0.25) is 0 Å². The second kappa shape index (κ2) is 9.48. The van der Waals surface area contributed by atoms with Gasteiger partial charge in [0.1, 0.15) is 5.69 Å². The first-order valence-corrected chi connectivity index (χ1v) is 10.8. The Morgan fingerprint density at radius 1 is 1.34 bits per heavy atom. The Hall–Kier alpha value is -1.59. The number of alkyl halides is 2. The van der Waals surface area contributed by atoms with E-state index in [9.17, 15) is 4.39 Å². The fourth-order valence-electron chi connectivity index (χ4n) is 3.09. The van der Waals surface area contributed by atoms with Crippen LogP contribution in [0.25, 0.3) is 0 Å². The van der Waals surface area contributed by atoms with Gasteiger partial charge in [0.15, 0.2) is 15.3 Å². The molecular formula is C19H25ClFIN6O. The topological polar surface area (TPSA) is 79.5 Å². The van der Waals surface area contributed by atoms with Crippen LogP contribution < -0.4 is 20.9 Å². The van der Waals surface area contributed by atoms with Crippen molar-refractivity contribution in [1.29, 1.82) is 0 Å². The van der Waals surface area contributed by atoms with E-state index in [4.69, 9.17) is 22.1 Å². The molecule has 2 heterocycles. The zero-order valence-electron chi connectivity index (χ0n) is 16.5. The van der Waals surface area contributed by atoms with Gasteiger partial charge in [-0.15, -0.1) is 0 Å². The van der Waals surface area contributed by atoms with E-state index < -0.39 is 3.68 Å². The molecule has 1 atom stereocenters. The van der Waals surface area contributed by atoms with E-state index in [1.54, 1.807) is 34.5 Å². The molecule has 1 saturated heterocycles. The number of morpholine rings is 1. The zero-order chi connectivity index (χ0) is 21.0. The zero-order valence-corrected chi connectivity index (χ0v) is 19.4. The van der Waals surface area contributed by atoms with Crippen LogP contribution in [-0.2, 0) is 11.3 Å². The molecule has 10 heteroatoms. The standard InChI is InChI=1S/C19H25ClFIN6O/c1-19(21,22)12-27(2)17-15(23)16(24-11-13-5-3-4-6-14(13)20)25-18(26-17)28-7-9-29-10-8-28/h3-6H,7-12,23H2,1-2H3,(H,24,25,26)/t19-/m0/s1. The highest BCUT2D eigenvalue weighted by Crippen LogP contribution is 2.32. The third-order valence-electron chi connectivity index (χ3n) is 4.49. The summed E-state index contributed by atoms with van der Waals surface area (Å²) < 4.78 is 18.2. The van der Waals surface area contributed by atoms with Gasteiger partial charge >= 0.3 is 0 Å². The lowest BCUT2D eigenvalue weighted by atomic mass is 10.2. The van der Waals surface area contributed by atoms with Crippen LogP contribution in [0.15, 0.2) is 24.3 Å². The van der Waals surface area contributed by atoms with E-state index in [2.05, 4.69) is 15.3 Å². The Kier molecular flexibility index (Phi) is 7.23. The Bertz CT molecular complexity index is 844. The fourth-order valence-corrected chi connectivity index (χ4v) is 3.80. The summed E-state index contributed by atoms with van der Waals surface area (Å²) in [5, 5.41) is 3.93. The number of hydrogen-bond acceptors (Lipinski definition) is 7. The SMILES string of the molecule is CN(C[C@@](C)(F)I)c1nc(N2CCOCC2)nc(NCc2ccccc2Cl)c1N. The molecule has 0 aliphatic carbocycles. The van der Waals surface area contributed by atoms with Crippen molar-refractivity contribution >= 4 is 57.5 Å². The second-order valence-corrected chi connectivity index (χ2v) is 9.74. The summed E-state index contributed by atoms with van der Waals surface area (Å²) in [4.78, 5) is 13.0. The Balaban J connectivity index is 1.92. The van der Waals surface area contributed by atoms with Crippen LogP contribution in [0.2, 0.25) is 5.02 Å². The van der Waals surface area contributed by atoms with Gasteiger partial charge in [-0.1, -0.05) is 29.8 Å². The first-order chi connectivity index (χ1) is 13.7. The highest BCUT2D eigenvalue weighted by atomic mass is 127. The van der Waals surface area contributed by atoms with Crippen LogP contribution in [0.3, 0.4) is 0 Å². The fraction of sp³-hybridized carbons (Fsp3) is 0.474. The number of benzene rings is 1. The lowest BCUT2D eigenvalue weighted by Gasteiger charge is -2.30. The Morgan fingerprint density at radius 3 is 2.69 bits per heavy atom. The van der Waals surface area contributed by atoms with Crippen LogP contribution in [0.1, 0.15) is 12.5 Å². The molecule has 1 aliphatic heterocycles. The maximum atomic E-state index is 14.2. The van der Waals surface area contributed by atoms with Gasteiger partial charge in [0.05, 0.1) is 19.8 Å². The van der Waals surface area contributed by atoms with E-state index in [0.29, 0.717) is 61.1 Å². The third kappa shape index (κ3) is 5.95. The van der Waals surface area contributed by atoms with Crippen LogP contribution in [0, 0.1) is 0 Å². The van der Waals surface area contributed by atoms with Crippen molar-refractivity contribution in [3.8, 4) is 0 Å². The first-order valence-electron chi connectivity index (χ1n) is 9.31. The molecule has 29 heavy (non-hydrogen) atoms. The molecule has 2 aromatic rings. The van der Waals surface area contributed by atoms with E-state index >= 15 is 0 Å². The molecule has 0 saturated carbocycles. The van der Waals surface area contributed by atoms with Gasteiger partial charge in [0.25, 0.3) is 0 Å². The molecule has 1 aliphatic rings. The Morgan fingerprint density at radius 2 is 2.03 bits per heavy atom. The summed E-state index contributed by atoms with van der Waals surface area (Å²) >= 11 is 8.03. The molecule has 1 aromatic carbocycles. The number of anilines is 4.